The Morgan fingerprint density at radius 1 is 1.50 bits per heavy atom. The Morgan fingerprint density at radius 2 is 2.15 bits per heavy atom. The van der Waals surface area contributed by atoms with Crippen LogP contribution in [0.25, 0.3) is 0 Å². The van der Waals surface area contributed by atoms with E-state index in [1.54, 1.807) is 6.07 Å². The molecule has 0 amide bonds. The van der Waals surface area contributed by atoms with Gasteiger partial charge in [-0.1, -0.05) is 39.4 Å². The molecule has 1 unspecified atom stereocenters. The third-order valence-electron chi connectivity index (χ3n) is 3.19. The molecule has 0 spiro atoms. The highest BCUT2D eigenvalue weighted by Gasteiger charge is 2.27. The largest absolute Gasteiger partial charge is 0.388 e. The first-order valence-electron chi connectivity index (χ1n) is 6.59. The highest BCUT2D eigenvalue weighted by Crippen LogP contribution is 2.20. The maximum atomic E-state index is 12.7. The average molecular weight is 315 g/mol. The molecule has 1 aromatic heterocycles. The van der Waals surface area contributed by atoms with Gasteiger partial charge in [0.05, 0.1) is 0 Å². The van der Waals surface area contributed by atoms with Gasteiger partial charge in [0.1, 0.15) is 15.6 Å². The zero-order chi connectivity index (χ0) is 15.3. The van der Waals surface area contributed by atoms with Crippen LogP contribution in [0.5, 0.6) is 0 Å². The van der Waals surface area contributed by atoms with Crippen LogP contribution < -0.4 is 5.73 Å². The minimum atomic E-state index is -3.63. The molecule has 7 heteroatoms. The minimum Gasteiger partial charge on any atom is -0.388 e. The monoisotopic (exact) mass is 315 g/mol. The molecule has 112 valence electrons. The van der Waals surface area contributed by atoms with Gasteiger partial charge in [0.15, 0.2) is 0 Å². The third-order valence-corrected chi connectivity index (χ3v) is 5.35. The summed E-state index contributed by atoms with van der Waals surface area (Å²) in [6.07, 6.45) is 2.40. The summed E-state index contributed by atoms with van der Waals surface area (Å²) in [5, 5.41) is 0. The van der Waals surface area contributed by atoms with E-state index < -0.39 is 10.0 Å². The second-order valence-electron chi connectivity index (χ2n) is 4.68. The lowest BCUT2D eigenvalue weighted by atomic mass is 10.1. The van der Waals surface area contributed by atoms with Gasteiger partial charge in [0.25, 0.3) is 0 Å². The van der Waals surface area contributed by atoms with Crippen molar-refractivity contribution in [2.24, 2.45) is 11.7 Å². The van der Waals surface area contributed by atoms with Crippen LogP contribution in [0.15, 0.2) is 23.2 Å². The van der Waals surface area contributed by atoms with Crippen LogP contribution in [0.4, 0.5) is 0 Å². The lowest BCUT2D eigenvalue weighted by molar-refractivity contribution is 0.361. The number of nitrogens with zero attached hydrogens (tertiary/aromatic N) is 2. The van der Waals surface area contributed by atoms with E-state index in [0.717, 1.165) is 6.42 Å². The number of sulfonamides is 1. The summed E-state index contributed by atoms with van der Waals surface area (Å²) < 4.78 is 26.9. The molecule has 0 aliphatic rings. The van der Waals surface area contributed by atoms with Gasteiger partial charge in [0, 0.05) is 19.3 Å². The van der Waals surface area contributed by atoms with Gasteiger partial charge in [0.2, 0.25) is 10.0 Å². The van der Waals surface area contributed by atoms with Crippen molar-refractivity contribution < 1.29 is 8.42 Å². The van der Waals surface area contributed by atoms with Crippen molar-refractivity contribution in [3.63, 3.8) is 0 Å². The molecule has 5 nitrogen and oxygen atoms in total. The van der Waals surface area contributed by atoms with Crippen LogP contribution in [-0.2, 0) is 10.0 Å². The lowest BCUT2D eigenvalue weighted by Gasteiger charge is -2.24. The minimum absolute atomic E-state index is 0.0104. The van der Waals surface area contributed by atoms with Gasteiger partial charge in [-0.2, -0.15) is 4.31 Å². The van der Waals surface area contributed by atoms with Crippen LogP contribution in [0, 0.1) is 5.92 Å². The Hall–Kier alpha value is -1.05. The molecule has 0 aromatic carbocycles. The van der Waals surface area contributed by atoms with Crippen LogP contribution in [0.2, 0.25) is 0 Å². The normalized spacial score (nSPS) is 13.4. The molecule has 1 atom stereocenters. The van der Waals surface area contributed by atoms with E-state index in [0.29, 0.717) is 13.1 Å². The molecule has 0 saturated carbocycles. The quantitative estimate of drug-likeness (QED) is 0.776. The van der Waals surface area contributed by atoms with Crippen LogP contribution in [0.1, 0.15) is 32.9 Å². The fraction of sp³-hybridized carbons (Fsp3) is 0.538. The van der Waals surface area contributed by atoms with E-state index in [-0.39, 0.29) is 21.5 Å². The first-order chi connectivity index (χ1) is 9.34. The Labute approximate surface area is 126 Å². The van der Waals surface area contributed by atoms with E-state index in [9.17, 15) is 8.42 Å². The number of hydrogen-bond acceptors (Lipinski definition) is 4. The third kappa shape index (κ3) is 3.74. The van der Waals surface area contributed by atoms with Crippen LogP contribution in [0.3, 0.4) is 0 Å². The second kappa shape index (κ2) is 7.10. The molecule has 20 heavy (non-hydrogen) atoms. The summed E-state index contributed by atoms with van der Waals surface area (Å²) in [6, 6.07) is 3.07. The fourth-order valence-electron chi connectivity index (χ4n) is 1.80. The molecule has 0 radical (unpaired) electrons. The molecule has 2 N–H and O–H groups in total. The molecular formula is C13H21N3O2S2. The molecular weight excluding hydrogens is 294 g/mol. The molecule has 0 fully saturated rings. The molecule has 1 heterocycles. The van der Waals surface area contributed by atoms with E-state index in [1.807, 2.05) is 20.8 Å². The standard InChI is InChI=1S/C13H21N3O2S2/c1-4-10(3)9-16(5-2)20(17,18)11-7-6-8-15-12(11)13(14)19/h6-8,10H,4-5,9H2,1-3H3,(H2,14,19). The van der Waals surface area contributed by atoms with Gasteiger partial charge in [-0.05, 0) is 18.1 Å². The van der Waals surface area contributed by atoms with Crippen molar-refractivity contribution in [1.29, 1.82) is 0 Å². The number of rotatable bonds is 7. The van der Waals surface area contributed by atoms with E-state index in [1.165, 1.54) is 16.6 Å². The highest BCUT2D eigenvalue weighted by atomic mass is 32.2. The van der Waals surface area contributed by atoms with Crippen molar-refractivity contribution in [3.05, 3.63) is 24.0 Å². The topological polar surface area (TPSA) is 76.3 Å². The van der Waals surface area contributed by atoms with Crippen molar-refractivity contribution >= 4 is 27.2 Å². The predicted molar refractivity (Wildman–Crippen MR) is 84.0 cm³/mol. The Bertz CT molecular complexity index is 573. The zero-order valence-corrected chi connectivity index (χ0v) is 13.7. The van der Waals surface area contributed by atoms with Crippen molar-refractivity contribution in [1.82, 2.24) is 9.29 Å². The molecule has 0 aliphatic carbocycles. The van der Waals surface area contributed by atoms with Gasteiger partial charge in [-0.15, -0.1) is 0 Å². The average Bonchev–Trinajstić information content (AvgIpc) is 2.44. The van der Waals surface area contributed by atoms with Crippen molar-refractivity contribution in [2.75, 3.05) is 13.1 Å². The summed E-state index contributed by atoms with van der Waals surface area (Å²) in [6.45, 7) is 6.75. The maximum absolute atomic E-state index is 12.7. The molecule has 0 bridgehead atoms. The van der Waals surface area contributed by atoms with Gasteiger partial charge in [-0.3, -0.25) is 4.98 Å². The van der Waals surface area contributed by atoms with Crippen LogP contribution >= 0.6 is 12.2 Å². The van der Waals surface area contributed by atoms with Gasteiger partial charge >= 0.3 is 0 Å². The van der Waals surface area contributed by atoms with Crippen LogP contribution in [-0.4, -0.2) is 35.8 Å². The van der Waals surface area contributed by atoms with E-state index in [4.69, 9.17) is 18.0 Å². The van der Waals surface area contributed by atoms with Crippen molar-refractivity contribution in [3.8, 4) is 0 Å². The van der Waals surface area contributed by atoms with Gasteiger partial charge < -0.3 is 5.73 Å². The molecule has 0 aliphatic heterocycles. The summed E-state index contributed by atoms with van der Waals surface area (Å²) in [4.78, 5) is 4.06. The van der Waals surface area contributed by atoms with Gasteiger partial charge in [-0.25, -0.2) is 8.42 Å². The predicted octanol–water partition coefficient (Wildman–Crippen LogP) is 1.77. The number of pyridine rings is 1. The number of nitrogens with two attached hydrogens (primary N) is 1. The number of aromatic nitrogens is 1. The zero-order valence-electron chi connectivity index (χ0n) is 12.0. The fourth-order valence-corrected chi connectivity index (χ4v) is 3.75. The molecule has 1 aromatic rings. The Morgan fingerprint density at radius 3 is 2.65 bits per heavy atom. The van der Waals surface area contributed by atoms with E-state index in [2.05, 4.69) is 4.98 Å². The maximum Gasteiger partial charge on any atom is 0.245 e. The molecule has 0 saturated heterocycles. The highest BCUT2D eigenvalue weighted by molar-refractivity contribution is 7.89. The Balaban J connectivity index is 3.24. The first kappa shape index (κ1) is 17.0. The summed E-state index contributed by atoms with van der Waals surface area (Å²) in [7, 11) is -3.63. The Kier molecular flexibility index (Phi) is 6.04. The molecule has 1 rings (SSSR count). The SMILES string of the molecule is CCC(C)CN(CC)S(=O)(=O)c1cccnc1C(N)=S. The first-order valence-corrected chi connectivity index (χ1v) is 8.44. The summed E-state index contributed by atoms with van der Waals surface area (Å²) >= 11 is 4.88. The lowest BCUT2D eigenvalue weighted by Crippen LogP contribution is -2.35. The second-order valence-corrected chi connectivity index (χ2v) is 7.03. The van der Waals surface area contributed by atoms with Crippen molar-refractivity contribution in [2.45, 2.75) is 32.1 Å². The smallest absolute Gasteiger partial charge is 0.245 e. The number of thiocarbonyl (C=S) groups is 1. The summed E-state index contributed by atoms with van der Waals surface area (Å²) in [5.74, 6) is 0.287. The van der Waals surface area contributed by atoms with E-state index >= 15 is 0 Å². The summed E-state index contributed by atoms with van der Waals surface area (Å²) in [5.41, 5.74) is 5.72. The number of hydrogen-bond donors (Lipinski definition) is 1.